The first-order valence-electron chi connectivity index (χ1n) is 6.66. The predicted molar refractivity (Wildman–Crippen MR) is 81.4 cm³/mol. The van der Waals surface area contributed by atoms with E-state index in [2.05, 4.69) is 4.98 Å². The van der Waals surface area contributed by atoms with Gasteiger partial charge in [-0.05, 0) is 30.2 Å². The molecule has 2 aromatic carbocycles. The van der Waals surface area contributed by atoms with E-state index in [-0.39, 0.29) is 6.04 Å². The minimum Gasteiger partial charge on any atom is -0.327 e. The second-order valence-corrected chi connectivity index (χ2v) is 6.09. The molecule has 3 rings (SSSR count). The summed E-state index contributed by atoms with van der Waals surface area (Å²) in [7, 11) is 0. The Kier molecular flexibility index (Phi) is 3.94. The fraction of sp³-hybridized carbons (Fsp3) is 0.188. The number of halogens is 2. The van der Waals surface area contributed by atoms with E-state index in [0.717, 1.165) is 21.3 Å². The van der Waals surface area contributed by atoms with Gasteiger partial charge in [0.25, 0.3) is 0 Å². The molecule has 0 bridgehead atoms. The molecule has 21 heavy (non-hydrogen) atoms. The molecule has 1 atom stereocenters. The summed E-state index contributed by atoms with van der Waals surface area (Å²) in [6, 6.07) is 11.2. The Morgan fingerprint density at radius 1 is 1.10 bits per heavy atom. The zero-order valence-corrected chi connectivity index (χ0v) is 12.0. The van der Waals surface area contributed by atoms with Gasteiger partial charge in [-0.3, -0.25) is 0 Å². The predicted octanol–water partition coefficient (Wildman–Crippen LogP) is 3.69. The van der Waals surface area contributed by atoms with Crippen LogP contribution >= 0.6 is 11.3 Å². The van der Waals surface area contributed by atoms with Gasteiger partial charge >= 0.3 is 0 Å². The molecule has 1 unspecified atom stereocenters. The molecule has 0 saturated heterocycles. The van der Waals surface area contributed by atoms with Crippen LogP contribution in [-0.4, -0.2) is 11.0 Å². The highest BCUT2D eigenvalue weighted by molar-refractivity contribution is 7.18. The molecule has 2 nitrogen and oxygen atoms in total. The highest BCUT2D eigenvalue weighted by Crippen LogP contribution is 2.23. The maximum absolute atomic E-state index is 13.6. The van der Waals surface area contributed by atoms with Gasteiger partial charge in [0.1, 0.15) is 11.6 Å². The number of hydrogen-bond donors (Lipinski definition) is 1. The zero-order chi connectivity index (χ0) is 14.8. The molecular weight excluding hydrogens is 290 g/mol. The first-order chi connectivity index (χ1) is 10.1. The number of hydrogen-bond acceptors (Lipinski definition) is 3. The Balaban J connectivity index is 1.72. The molecule has 0 aliphatic heterocycles. The van der Waals surface area contributed by atoms with E-state index in [0.29, 0.717) is 18.4 Å². The van der Waals surface area contributed by atoms with Gasteiger partial charge in [0.05, 0.1) is 15.2 Å². The molecule has 108 valence electrons. The van der Waals surface area contributed by atoms with E-state index in [1.807, 2.05) is 24.3 Å². The quantitative estimate of drug-likeness (QED) is 0.798. The zero-order valence-electron chi connectivity index (χ0n) is 11.2. The molecule has 0 fully saturated rings. The summed E-state index contributed by atoms with van der Waals surface area (Å²) in [5.74, 6) is -1.12. The van der Waals surface area contributed by atoms with Crippen LogP contribution < -0.4 is 5.73 Å². The summed E-state index contributed by atoms with van der Waals surface area (Å²) in [4.78, 5) is 4.52. The Morgan fingerprint density at radius 3 is 2.67 bits per heavy atom. The van der Waals surface area contributed by atoms with Gasteiger partial charge in [0.15, 0.2) is 0 Å². The fourth-order valence-corrected chi connectivity index (χ4v) is 3.33. The van der Waals surface area contributed by atoms with E-state index in [4.69, 9.17) is 5.73 Å². The molecule has 0 spiro atoms. The molecule has 0 saturated carbocycles. The third-order valence-corrected chi connectivity index (χ3v) is 4.33. The third-order valence-electron chi connectivity index (χ3n) is 3.27. The molecule has 3 aromatic rings. The van der Waals surface area contributed by atoms with Crippen LogP contribution in [0.5, 0.6) is 0 Å². The van der Waals surface area contributed by atoms with E-state index < -0.39 is 11.6 Å². The summed E-state index contributed by atoms with van der Waals surface area (Å²) in [6.07, 6.45) is 0.943. The molecular formula is C16H14F2N2S. The highest BCUT2D eigenvalue weighted by atomic mass is 32.1. The average Bonchev–Trinajstić information content (AvgIpc) is 2.84. The molecule has 0 aliphatic carbocycles. The Labute approximate surface area is 125 Å². The first kappa shape index (κ1) is 14.1. The van der Waals surface area contributed by atoms with Crippen molar-refractivity contribution < 1.29 is 8.78 Å². The second kappa shape index (κ2) is 5.87. The van der Waals surface area contributed by atoms with Gasteiger partial charge in [0, 0.05) is 18.5 Å². The standard InChI is InChI=1S/C16H14F2N2S/c17-11-6-5-10(13(18)8-11)7-12(19)9-16-20-14-3-1-2-4-15(14)21-16/h1-6,8,12H,7,9,19H2. The fourth-order valence-electron chi connectivity index (χ4n) is 2.27. The van der Waals surface area contributed by atoms with Crippen LogP contribution in [0.3, 0.4) is 0 Å². The van der Waals surface area contributed by atoms with Crippen LogP contribution in [0, 0.1) is 11.6 Å². The van der Waals surface area contributed by atoms with Crippen molar-refractivity contribution in [3.05, 3.63) is 64.7 Å². The second-order valence-electron chi connectivity index (χ2n) is 4.98. The van der Waals surface area contributed by atoms with Gasteiger partial charge < -0.3 is 5.73 Å². The number of rotatable bonds is 4. The number of nitrogens with zero attached hydrogens (tertiary/aromatic N) is 1. The number of benzene rings is 2. The van der Waals surface area contributed by atoms with Crippen molar-refractivity contribution in [2.24, 2.45) is 5.73 Å². The van der Waals surface area contributed by atoms with E-state index in [1.165, 1.54) is 12.1 Å². The highest BCUT2D eigenvalue weighted by Gasteiger charge is 2.12. The molecule has 2 N–H and O–H groups in total. The number of fused-ring (bicyclic) bond motifs is 1. The smallest absolute Gasteiger partial charge is 0.129 e. The van der Waals surface area contributed by atoms with E-state index in [9.17, 15) is 8.78 Å². The lowest BCUT2D eigenvalue weighted by Crippen LogP contribution is -2.26. The van der Waals surface area contributed by atoms with Gasteiger partial charge in [-0.15, -0.1) is 11.3 Å². The lowest BCUT2D eigenvalue weighted by atomic mass is 10.0. The van der Waals surface area contributed by atoms with Crippen LogP contribution in [0.1, 0.15) is 10.6 Å². The molecule has 0 radical (unpaired) electrons. The van der Waals surface area contributed by atoms with Crippen molar-refractivity contribution in [1.82, 2.24) is 4.98 Å². The Hall–Kier alpha value is -1.85. The molecule has 1 aromatic heterocycles. The van der Waals surface area contributed by atoms with Crippen LogP contribution in [0.25, 0.3) is 10.2 Å². The van der Waals surface area contributed by atoms with Crippen molar-refractivity contribution in [2.75, 3.05) is 0 Å². The van der Waals surface area contributed by atoms with E-state index >= 15 is 0 Å². The Bertz CT molecular complexity index is 737. The molecule has 0 aliphatic rings. The molecule has 0 amide bonds. The summed E-state index contributed by atoms with van der Waals surface area (Å²) in [5, 5.41) is 0.936. The summed E-state index contributed by atoms with van der Waals surface area (Å²) < 4.78 is 27.6. The van der Waals surface area contributed by atoms with Gasteiger partial charge in [0.2, 0.25) is 0 Å². The van der Waals surface area contributed by atoms with Gasteiger partial charge in [-0.2, -0.15) is 0 Å². The van der Waals surface area contributed by atoms with Crippen LogP contribution in [-0.2, 0) is 12.8 Å². The lowest BCUT2D eigenvalue weighted by Gasteiger charge is -2.10. The Morgan fingerprint density at radius 2 is 1.90 bits per heavy atom. The summed E-state index contributed by atoms with van der Waals surface area (Å²) in [5.41, 5.74) is 7.46. The number of nitrogens with two attached hydrogens (primary N) is 1. The van der Waals surface area contributed by atoms with Crippen molar-refractivity contribution in [3.63, 3.8) is 0 Å². The maximum atomic E-state index is 13.6. The first-order valence-corrected chi connectivity index (χ1v) is 7.47. The monoisotopic (exact) mass is 304 g/mol. The SMILES string of the molecule is NC(Cc1nc2ccccc2s1)Cc1ccc(F)cc1F. The number of para-hydroxylation sites is 1. The summed E-state index contributed by atoms with van der Waals surface area (Å²) >= 11 is 1.60. The largest absolute Gasteiger partial charge is 0.327 e. The lowest BCUT2D eigenvalue weighted by molar-refractivity contribution is 0.558. The third kappa shape index (κ3) is 3.25. The molecule has 1 heterocycles. The van der Waals surface area contributed by atoms with Crippen molar-refractivity contribution >= 4 is 21.6 Å². The molecule has 5 heteroatoms. The van der Waals surface area contributed by atoms with Gasteiger partial charge in [-0.1, -0.05) is 18.2 Å². The van der Waals surface area contributed by atoms with Crippen LogP contribution in [0.15, 0.2) is 42.5 Å². The topological polar surface area (TPSA) is 38.9 Å². The average molecular weight is 304 g/mol. The normalized spacial score (nSPS) is 12.7. The number of aromatic nitrogens is 1. The minimum atomic E-state index is -0.573. The van der Waals surface area contributed by atoms with Crippen molar-refractivity contribution in [1.29, 1.82) is 0 Å². The van der Waals surface area contributed by atoms with Crippen LogP contribution in [0.4, 0.5) is 8.78 Å². The van der Waals surface area contributed by atoms with E-state index in [1.54, 1.807) is 11.3 Å². The van der Waals surface area contributed by atoms with Crippen LogP contribution in [0.2, 0.25) is 0 Å². The number of thiazole rings is 1. The van der Waals surface area contributed by atoms with Gasteiger partial charge in [-0.25, -0.2) is 13.8 Å². The summed E-state index contributed by atoms with van der Waals surface area (Å²) in [6.45, 7) is 0. The van der Waals surface area contributed by atoms with Crippen molar-refractivity contribution in [2.45, 2.75) is 18.9 Å². The minimum absolute atomic E-state index is 0.245. The maximum Gasteiger partial charge on any atom is 0.129 e. The van der Waals surface area contributed by atoms with Crippen molar-refractivity contribution in [3.8, 4) is 0 Å².